The fourth-order valence-electron chi connectivity index (χ4n) is 1.90. The van der Waals surface area contributed by atoms with Gasteiger partial charge >= 0.3 is 0 Å². The summed E-state index contributed by atoms with van der Waals surface area (Å²) in [6, 6.07) is 9.78. The number of anilines is 1. The molecule has 6 heteroatoms. The van der Waals surface area contributed by atoms with E-state index in [2.05, 4.69) is 21.2 Å². The van der Waals surface area contributed by atoms with E-state index in [1.165, 1.54) is 19.1 Å². The predicted molar refractivity (Wildman–Crippen MR) is 94.6 cm³/mol. The molecule has 0 heterocycles. The van der Waals surface area contributed by atoms with Crippen LogP contribution < -0.4 is 5.32 Å². The zero-order valence-corrected chi connectivity index (χ0v) is 15.1. The Morgan fingerprint density at radius 2 is 1.96 bits per heavy atom. The Bertz CT molecular complexity index is 764. The summed E-state index contributed by atoms with van der Waals surface area (Å²) in [5.41, 5.74) is 2.03. The number of ketones is 1. The van der Waals surface area contributed by atoms with Crippen molar-refractivity contribution in [3.05, 3.63) is 57.8 Å². The van der Waals surface area contributed by atoms with E-state index in [1.807, 2.05) is 19.1 Å². The van der Waals surface area contributed by atoms with Gasteiger partial charge in [0, 0.05) is 20.6 Å². The molecule has 0 aromatic heterocycles. The van der Waals surface area contributed by atoms with Gasteiger partial charge in [0.05, 0.1) is 5.75 Å². The summed E-state index contributed by atoms with van der Waals surface area (Å²) < 4.78 is 14.8. The van der Waals surface area contributed by atoms with Crippen molar-refractivity contribution in [3.8, 4) is 0 Å². The highest BCUT2D eigenvalue weighted by atomic mass is 79.9. The molecule has 2 aromatic rings. The van der Waals surface area contributed by atoms with Crippen LogP contribution in [0.4, 0.5) is 10.1 Å². The van der Waals surface area contributed by atoms with Gasteiger partial charge in [0.1, 0.15) is 5.82 Å². The van der Waals surface area contributed by atoms with Crippen molar-refractivity contribution in [2.75, 3.05) is 11.1 Å². The maximum atomic E-state index is 13.9. The minimum absolute atomic E-state index is 0.0887. The monoisotopic (exact) mass is 395 g/mol. The molecule has 23 heavy (non-hydrogen) atoms. The average molecular weight is 396 g/mol. The Morgan fingerprint density at radius 1 is 1.22 bits per heavy atom. The van der Waals surface area contributed by atoms with Gasteiger partial charge in [0.2, 0.25) is 5.91 Å². The van der Waals surface area contributed by atoms with Crippen LogP contribution in [-0.4, -0.2) is 17.4 Å². The van der Waals surface area contributed by atoms with E-state index in [4.69, 9.17) is 0 Å². The minimum Gasteiger partial charge on any atom is -0.325 e. The van der Waals surface area contributed by atoms with Gasteiger partial charge in [0.25, 0.3) is 0 Å². The first kappa shape index (κ1) is 17.7. The number of benzene rings is 2. The number of rotatable bonds is 5. The number of hydrogen-bond donors (Lipinski definition) is 1. The quantitative estimate of drug-likeness (QED) is 0.582. The molecule has 1 amide bonds. The SMILES string of the molecule is CC(=O)c1ccc(SCC(=O)Nc2ccc(Br)c(C)c2)c(F)c1. The largest absolute Gasteiger partial charge is 0.325 e. The molecule has 0 atom stereocenters. The van der Waals surface area contributed by atoms with Crippen molar-refractivity contribution < 1.29 is 14.0 Å². The van der Waals surface area contributed by atoms with Gasteiger partial charge < -0.3 is 5.32 Å². The minimum atomic E-state index is -0.491. The van der Waals surface area contributed by atoms with E-state index < -0.39 is 5.82 Å². The lowest BCUT2D eigenvalue weighted by molar-refractivity contribution is -0.113. The number of amides is 1. The first-order chi connectivity index (χ1) is 10.9. The lowest BCUT2D eigenvalue weighted by Gasteiger charge is -2.08. The highest BCUT2D eigenvalue weighted by Crippen LogP contribution is 2.24. The molecule has 0 saturated carbocycles. The zero-order chi connectivity index (χ0) is 17.0. The van der Waals surface area contributed by atoms with Crippen LogP contribution in [-0.2, 0) is 4.79 Å². The Balaban J connectivity index is 1.96. The molecule has 0 spiro atoms. The summed E-state index contributed by atoms with van der Waals surface area (Å²) in [6.07, 6.45) is 0. The van der Waals surface area contributed by atoms with E-state index in [1.54, 1.807) is 12.1 Å². The molecule has 0 aliphatic carbocycles. The van der Waals surface area contributed by atoms with Crippen molar-refractivity contribution in [2.45, 2.75) is 18.7 Å². The van der Waals surface area contributed by atoms with Crippen molar-refractivity contribution in [2.24, 2.45) is 0 Å². The number of nitrogens with one attached hydrogen (secondary N) is 1. The van der Waals surface area contributed by atoms with Crippen molar-refractivity contribution in [1.82, 2.24) is 0 Å². The predicted octanol–water partition coefficient (Wildman–Crippen LogP) is 4.83. The van der Waals surface area contributed by atoms with Crippen LogP contribution >= 0.6 is 27.7 Å². The molecule has 1 N–H and O–H groups in total. The van der Waals surface area contributed by atoms with Gasteiger partial charge in [-0.3, -0.25) is 9.59 Å². The molecule has 0 fully saturated rings. The summed E-state index contributed by atoms with van der Waals surface area (Å²) in [4.78, 5) is 23.5. The van der Waals surface area contributed by atoms with Gasteiger partial charge in [-0.05, 0) is 49.7 Å². The van der Waals surface area contributed by atoms with E-state index in [0.717, 1.165) is 21.8 Å². The second-order valence-corrected chi connectivity index (χ2v) is 6.87. The molecule has 2 rings (SSSR count). The van der Waals surface area contributed by atoms with Gasteiger partial charge in [-0.15, -0.1) is 11.8 Å². The summed E-state index contributed by atoms with van der Waals surface area (Å²) in [7, 11) is 0. The molecule has 2 aromatic carbocycles. The highest BCUT2D eigenvalue weighted by Gasteiger charge is 2.10. The maximum Gasteiger partial charge on any atom is 0.234 e. The van der Waals surface area contributed by atoms with Crippen LogP contribution in [0.25, 0.3) is 0 Å². The smallest absolute Gasteiger partial charge is 0.234 e. The second kappa shape index (κ2) is 7.75. The molecule has 120 valence electrons. The van der Waals surface area contributed by atoms with Crippen LogP contribution in [0, 0.1) is 12.7 Å². The molecule has 0 radical (unpaired) electrons. The number of carbonyl (C=O) groups excluding carboxylic acids is 2. The molecule has 0 bridgehead atoms. The van der Waals surface area contributed by atoms with Crippen LogP contribution in [0.15, 0.2) is 45.8 Å². The Hall–Kier alpha value is -1.66. The third-order valence-electron chi connectivity index (χ3n) is 3.14. The molecule has 0 aliphatic heterocycles. The summed E-state index contributed by atoms with van der Waals surface area (Å²) in [5.74, 6) is -0.809. The standard InChI is InChI=1S/C17H15BrFNO2S/c1-10-7-13(4-5-14(10)18)20-17(22)9-23-16-6-3-12(11(2)21)8-15(16)19/h3-8H,9H2,1-2H3,(H,20,22). The van der Waals surface area contributed by atoms with Gasteiger partial charge in [-0.1, -0.05) is 22.0 Å². The molecule has 3 nitrogen and oxygen atoms in total. The second-order valence-electron chi connectivity index (χ2n) is 5.00. The number of hydrogen-bond acceptors (Lipinski definition) is 3. The average Bonchev–Trinajstić information content (AvgIpc) is 2.49. The van der Waals surface area contributed by atoms with Gasteiger partial charge in [-0.2, -0.15) is 0 Å². The maximum absolute atomic E-state index is 13.9. The Labute approximate surface area is 146 Å². The van der Waals surface area contributed by atoms with Gasteiger partial charge in [-0.25, -0.2) is 4.39 Å². The van der Waals surface area contributed by atoms with Crippen molar-refractivity contribution >= 4 is 45.1 Å². The van der Waals surface area contributed by atoms with E-state index >= 15 is 0 Å². The molecule has 0 aliphatic rings. The number of thioether (sulfide) groups is 1. The molecule has 0 unspecified atom stereocenters. The number of Topliss-reactive ketones (excluding diaryl/α,β-unsaturated/α-hetero) is 1. The third-order valence-corrected chi connectivity index (χ3v) is 5.08. The van der Waals surface area contributed by atoms with E-state index in [9.17, 15) is 14.0 Å². The first-order valence-electron chi connectivity index (χ1n) is 6.86. The fraction of sp³-hybridized carbons (Fsp3) is 0.176. The normalized spacial score (nSPS) is 10.4. The fourth-order valence-corrected chi connectivity index (χ4v) is 2.87. The van der Waals surface area contributed by atoms with Gasteiger partial charge in [0.15, 0.2) is 5.78 Å². The third kappa shape index (κ3) is 4.91. The molecular weight excluding hydrogens is 381 g/mol. The first-order valence-corrected chi connectivity index (χ1v) is 8.64. The van der Waals surface area contributed by atoms with Crippen LogP contribution in [0.5, 0.6) is 0 Å². The summed E-state index contributed by atoms with van der Waals surface area (Å²) in [5, 5.41) is 2.77. The van der Waals surface area contributed by atoms with E-state index in [0.29, 0.717) is 16.1 Å². The number of carbonyl (C=O) groups is 2. The lowest BCUT2D eigenvalue weighted by atomic mass is 10.1. The molecule has 0 saturated heterocycles. The van der Waals surface area contributed by atoms with Crippen LogP contribution in [0.3, 0.4) is 0 Å². The van der Waals surface area contributed by atoms with Crippen LogP contribution in [0.2, 0.25) is 0 Å². The summed E-state index contributed by atoms with van der Waals surface area (Å²) in [6.45, 7) is 3.32. The number of aryl methyl sites for hydroxylation is 1. The Kier molecular flexibility index (Phi) is 5.96. The highest BCUT2D eigenvalue weighted by molar-refractivity contribution is 9.10. The van der Waals surface area contributed by atoms with Crippen molar-refractivity contribution in [1.29, 1.82) is 0 Å². The summed E-state index contributed by atoms with van der Waals surface area (Å²) >= 11 is 4.49. The van der Waals surface area contributed by atoms with Crippen molar-refractivity contribution in [3.63, 3.8) is 0 Å². The Morgan fingerprint density at radius 3 is 2.57 bits per heavy atom. The molecular formula is C17H15BrFNO2S. The zero-order valence-electron chi connectivity index (χ0n) is 12.7. The van der Waals surface area contributed by atoms with E-state index in [-0.39, 0.29) is 17.4 Å². The van der Waals surface area contributed by atoms with Crippen LogP contribution in [0.1, 0.15) is 22.8 Å². The number of halogens is 2. The lowest BCUT2D eigenvalue weighted by Crippen LogP contribution is -2.14. The topological polar surface area (TPSA) is 46.2 Å².